The van der Waals surface area contributed by atoms with Gasteiger partial charge < -0.3 is 9.72 Å². The number of benzene rings is 1. The van der Waals surface area contributed by atoms with Crippen LogP contribution in [-0.4, -0.2) is 48.5 Å². The van der Waals surface area contributed by atoms with Crippen molar-refractivity contribution in [1.82, 2.24) is 29.0 Å². The summed E-state index contributed by atoms with van der Waals surface area (Å²) in [5.41, 5.74) is 3.97. The van der Waals surface area contributed by atoms with E-state index in [1.54, 1.807) is 23.1 Å². The molecule has 1 atom stereocenters. The van der Waals surface area contributed by atoms with E-state index < -0.39 is 0 Å². The van der Waals surface area contributed by atoms with Crippen LogP contribution in [0, 0.1) is 5.41 Å². The summed E-state index contributed by atoms with van der Waals surface area (Å²) in [7, 11) is 4.07. The maximum absolute atomic E-state index is 12.7. The Labute approximate surface area is 173 Å². The summed E-state index contributed by atoms with van der Waals surface area (Å²) in [6.07, 6.45) is 11.2. The van der Waals surface area contributed by atoms with Crippen molar-refractivity contribution in [2.45, 2.75) is 25.3 Å². The number of fused-ring (bicyclic) bond motifs is 2. The molecule has 4 heterocycles. The molecular formula is C22H23N7O. The molecule has 1 spiro atoms. The number of anilines is 1. The molecule has 1 aliphatic heterocycles. The van der Waals surface area contributed by atoms with Crippen molar-refractivity contribution >= 4 is 28.3 Å². The van der Waals surface area contributed by atoms with E-state index >= 15 is 0 Å². The minimum Gasteiger partial charge on any atom is -0.305 e. The first-order valence-corrected chi connectivity index (χ1v) is 10.3. The third-order valence-electron chi connectivity index (χ3n) is 6.65. The molecule has 1 amide bonds. The molecule has 152 valence electrons. The number of likely N-dealkylation sites (tertiary alicyclic amines) is 1. The molecule has 4 aromatic rings. The Balaban J connectivity index is 1.25. The Hall–Kier alpha value is -3.26. The summed E-state index contributed by atoms with van der Waals surface area (Å²) >= 11 is 0. The third kappa shape index (κ3) is 2.79. The van der Waals surface area contributed by atoms with E-state index in [-0.39, 0.29) is 5.91 Å². The number of hydrogen-bond acceptors (Lipinski definition) is 5. The lowest BCUT2D eigenvalue weighted by atomic mass is 10.0. The highest BCUT2D eigenvalue weighted by atomic mass is 16.1. The van der Waals surface area contributed by atoms with Gasteiger partial charge in [0.05, 0.1) is 35.8 Å². The molecule has 1 aromatic carbocycles. The molecule has 1 aliphatic carbocycles. The van der Waals surface area contributed by atoms with Crippen molar-refractivity contribution in [2.24, 2.45) is 12.5 Å². The Morgan fingerprint density at radius 2 is 2.07 bits per heavy atom. The first-order valence-electron chi connectivity index (χ1n) is 10.3. The Morgan fingerprint density at radius 3 is 2.87 bits per heavy atom. The normalized spacial score (nSPS) is 20.4. The van der Waals surface area contributed by atoms with Gasteiger partial charge in [-0.15, -0.1) is 0 Å². The van der Waals surface area contributed by atoms with E-state index in [1.807, 2.05) is 29.8 Å². The van der Waals surface area contributed by atoms with Crippen LogP contribution in [0.25, 0.3) is 16.6 Å². The van der Waals surface area contributed by atoms with Gasteiger partial charge in [-0.1, -0.05) is 0 Å². The molecule has 0 bridgehead atoms. The van der Waals surface area contributed by atoms with Crippen LogP contribution >= 0.6 is 0 Å². The predicted octanol–water partition coefficient (Wildman–Crippen LogP) is 3.03. The van der Waals surface area contributed by atoms with Crippen molar-refractivity contribution in [1.29, 1.82) is 0 Å². The maximum atomic E-state index is 12.7. The maximum Gasteiger partial charge on any atom is 0.256 e. The number of aromatic nitrogens is 5. The molecule has 2 aliphatic rings. The second-order valence-corrected chi connectivity index (χ2v) is 8.83. The largest absolute Gasteiger partial charge is 0.305 e. The van der Waals surface area contributed by atoms with Crippen LogP contribution in [0.3, 0.4) is 0 Å². The first kappa shape index (κ1) is 17.6. The minimum atomic E-state index is -0.195. The smallest absolute Gasteiger partial charge is 0.256 e. The van der Waals surface area contributed by atoms with E-state index in [4.69, 9.17) is 4.98 Å². The average molecular weight is 401 g/mol. The van der Waals surface area contributed by atoms with Gasteiger partial charge in [-0.2, -0.15) is 5.10 Å². The van der Waals surface area contributed by atoms with Crippen LogP contribution < -0.4 is 5.32 Å². The van der Waals surface area contributed by atoms with Crippen molar-refractivity contribution in [3.05, 3.63) is 54.2 Å². The van der Waals surface area contributed by atoms with E-state index in [0.717, 1.165) is 28.8 Å². The van der Waals surface area contributed by atoms with Crippen molar-refractivity contribution in [3.8, 4) is 0 Å². The quantitative estimate of drug-likeness (QED) is 0.571. The number of imidazole rings is 1. The molecule has 2 fully saturated rings. The van der Waals surface area contributed by atoms with E-state index in [2.05, 4.69) is 33.5 Å². The summed E-state index contributed by atoms with van der Waals surface area (Å²) in [4.78, 5) is 24.3. The fraction of sp³-hybridized carbons (Fsp3) is 0.364. The molecule has 3 aromatic heterocycles. The lowest BCUT2D eigenvalue weighted by Crippen LogP contribution is -2.18. The molecule has 8 heteroatoms. The number of carbonyl (C=O) groups excluding carboxylic acids is 1. The monoisotopic (exact) mass is 401 g/mol. The number of rotatable bonds is 3. The SMILES string of the molecule is CN1CC2(CC2)C[C@@H]1c1cn2cc(NC(=O)c3ccc4c(cnn4C)c3)ncc2n1. The summed E-state index contributed by atoms with van der Waals surface area (Å²) in [5.74, 6) is 0.306. The van der Waals surface area contributed by atoms with Crippen LogP contribution in [0.5, 0.6) is 0 Å². The number of hydrogen-bond donors (Lipinski definition) is 1. The van der Waals surface area contributed by atoms with Gasteiger partial charge >= 0.3 is 0 Å². The van der Waals surface area contributed by atoms with Crippen LogP contribution in [-0.2, 0) is 7.05 Å². The molecule has 0 radical (unpaired) electrons. The number of amides is 1. The van der Waals surface area contributed by atoms with E-state index in [9.17, 15) is 4.79 Å². The molecule has 30 heavy (non-hydrogen) atoms. The summed E-state index contributed by atoms with van der Waals surface area (Å²) in [6, 6.07) is 5.91. The fourth-order valence-corrected chi connectivity index (χ4v) is 4.78. The Kier molecular flexibility index (Phi) is 3.59. The van der Waals surface area contributed by atoms with Crippen molar-refractivity contribution < 1.29 is 4.79 Å². The standard InChI is InChI=1S/C22H23N7O/c1-27-13-22(5-6-22)8-18(27)16-11-29-12-19(23-10-20(29)25-16)26-21(30)14-3-4-17-15(7-14)9-24-28(17)2/h3-4,7,9-12,18H,5-6,8,13H2,1-2H3,(H,26,30)/t18-/m1/s1. The van der Waals surface area contributed by atoms with Gasteiger partial charge in [0, 0.05) is 30.7 Å². The summed E-state index contributed by atoms with van der Waals surface area (Å²) < 4.78 is 3.74. The Bertz CT molecular complexity index is 1300. The summed E-state index contributed by atoms with van der Waals surface area (Å²) in [6.45, 7) is 1.16. The molecular weight excluding hydrogens is 378 g/mol. The van der Waals surface area contributed by atoms with Gasteiger partial charge in [-0.05, 0) is 49.9 Å². The zero-order chi connectivity index (χ0) is 20.5. The second kappa shape index (κ2) is 6.12. The molecule has 8 nitrogen and oxygen atoms in total. The van der Waals surface area contributed by atoms with Gasteiger partial charge in [0.25, 0.3) is 5.91 Å². The highest BCUT2D eigenvalue weighted by Crippen LogP contribution is 2.57. The number of carbonyl (C=O) groups is 1. The second-order valence-electron chi connectivity index (χ2n) is 8.83. The average Bonchev–Trinajstić information content (AvgIpc) is 3.06. The van der Waals surface area contributed by atoms with Gasteiger partial charge in [-0.3, -0.25) is 14.4 Å². The van der Waals surface area contributed by atoms with E-state index in [1.165, 1.54) is 19.3 Å². The Morgan fingerprint density at radius 1 is 1.20 bits per heavy atom. The minimum absolute atomic E-state index is 0.195. The highest BCUT2D eigenvalue weighted by molar-refractivity contribution is 6.05. The fourth-order valence-electron chi connectivity index (χ4n) is 4.78. The lowest BCUT2D eigenvalue weighted by Gasteiger charge is -2.16. The number of nitrogens with one attached hydrogen (secondary N) is 1. The predicted molar refractivity (Wildman–Crippen MR) is 113 cm³/mol. The topological polar surface area (TPSA) is 80.4 Å². The molecule has 1 saturated carbocycles. The molecule has 1 saturated heterocycles. The molecule has 0 unspecified atom stereocenters. The first-order chi connectivity index (χ1) is 14.5. The van der Waals surface area contributed by atoms with Gasteiger partial charge in [0.2, 0.25) is 0 Å². The van der Waals surface area contributed by atoms with E-state index in [0.29, 0.717) is 22.8 Å². The third-order valence-corrected chi connectivity index (χ3v) is 6.65. The number of aryl methyl sites for hydroxylation is 1. The molecule has 6 rings (SSSR count). The highest BCUT2D eigenvalue weighted by Gasteiger charge is 2.51. The van der Waals surface area contributed by atoms with Crippen LogP contribution in [0.1, 0.15) is 41.4 Å². The van der Waals surface area contributed by atoms with Crippen LogP contribution in [0.15, 0.2) is 43.0 Å². The van der Waals surface area contributed by atoms with Crippen LogP contribution in [0.4, 0.5) is 5.82 Å². The van der Waals surface area contributed by atoms with Gasteiger partial charge in [-0.25, -0.2) is 9.97 Å². The zero-order valence-electron chi connectivity index (χ0n) is 17.0. The number of nitrogens with zero attached hydrogens (tertiary/aromatic N) is 6. The zero-order valence-corrected chi connectivity index (χ0v) is 17.0. The van der Waals surface area contributed by atoms with Crippen molar-refractivity contribution in [2.75, 3.05) is 18.9 Å². The molecule has 1 N–H and O–H groups in total. The van der Waals surface area contributed by atoms with Crippen molar-refractivity contribution in [3.63, 3.8) is 0 Å². The lowest BCUT2D eigenvalue weighted by molar-refractivity contribution is 0.102. The van der Waals surface area contributed by atoms with Gasteiger partial charge in [0.1, 0.15) is 5.82 Å². The summed E-state index contributed by atoms with van der Waals surface area (Å²) in [5, 5.41) is 8.05. The van der Waals surface area contributed by atoms with Gasteiger partial charge in [0.15, 0.2) is 5.65 Å². The van der Waals surface area contributed by atoms with Crippen LogP contribution in [0.2, 0.25) is 0 Å².